The molecule has 0 saturated carbocycles. The van der Waals surface area contributed by atoms with Crippen LogP contribution in [-0.2, 0) is 9.59 Å². The fourth-order valence-corrected chi connectivity index (χ4v) is 3.22. The Labute approximate surface area is 140 Å². The van der Waals surface area contributed by atoms with Crippen LogP contribution in [0.2, 0.25) is 0 Å². The van der Waals surface area contributed by atoms with Gasteiger partial charge in [0, 0.05) is 46.1 Å². The predicted octanol–water partition coefficient (Wildman–Crippen LogP) is 1.34. The molecule has 1 aromatic heterocycles. The summed E-state index contributed by atoms with van der Waals surface area (Å²) >= 11 is 1.40. The smallest absolute Gasteiger partial charge is 0.261 e. The van der Waals surface area contributed by atoms with Gasteiger partial charge >= 0.3 is 0 Å². The minimum absolute atomic E-state index is 0.0654. The number of thiophene rings is 1. The number of rotatable bonds is 5. The van der Waals surface area contributed by atoms with Crippen molar-refractivity contribution in [2.45, 2.75) is 26.2 Å². The van der Waals surface area contributed by atoms with Crippen LogP contribution in [0.3, 0.4) is 0 Å². The molecule has 1 aromatic rings. The molecule has 6 nitrogen and oxygen atoms in total. The van der Waals surface area contributed by atoms with Gasteiger partial charge in [-0.1, -0.05) is 6.07 Å². The van der Waals surface area contributed by atoms with E-state index in [0.29, 0.717) is 43.9 Å². The molecule has 2 rings (SSSR count). The molecule has 0 radical (unpaired) electrons. The molecule has 23 heavy (non-hydrogen) atoms. The number of carbonyl (C=O) groups excluding carboxylic acids is 3. The minimum atomic E-state index is -0.0840. The van der Waals surface area contributed by atoms with Gasteiger partial charge in [-0.15, -0.1) is 11.3 Å². The lowest BCUT2D eigenvalue weighted by molar-refractivity contribution is -0.132. The predicted molar refractivity (Wildman–Crippen MR) is 89.3 cm³/mol. The van der Waals surface area contributed by atoms with E-state index in [2.05, 4.69) is 5.32 Å². The summed E-state index contributed by atoms with van der Waals surface area (Å²) in [5.41, 5.74) is 0. The third kappa shape index (κ3) is 5.35. The molecule has 1 saturated heterocycles. The average molecular weight is 337 g/mol. The van der Waals surface area contributed by atoms with Gasteiger partial charge in [0.25, 0.3) is 5.91 Å². The summed E-state index contributed by atoms with van der Waals surface area (Å²) in [6.07, 6.45) is 1.87. The Morgan fingerprint density at radius 1 is 1.17 bits per heavy atom. The van der Waals surface area contributed by atoms with Crippen molar-refractivity contribution in [2.75, 3.05) is 32.7 Å². The first-order chi connectivity index (χ1) is 11.1. The van der Waals surface area contributed by atoms with Crippen LogP contribution in [0.1, 0.15) is 35.9 Å². The fourth-order valence-electron chi connectivity index (χ4n) is 2.58. The highest BCUT2D eigenvalue weighted by molar-refractivity contribution is 7.12. The van der Waals surface area contributed by atoms with Crippen molar-refractivity contribution in [3.8, 4) is 0 Å². The molecule has 1 N–H and O–H groups in total. The molecular weight excluding hydrogens is 314 g/mol. The Hall–Kier alpha value is -1.89. The second kappa shape index (κ2) is 8.67. The Bertz CT molecular complexity index is 545. The van der Waals surface area contributed by atoms with E-state index in [-0.39, 0.29) is 17.7 Å². The fraction of sp³-hybridized carbons (Fsp3) is 0.562. The van der Waals surface area contributed by atoms with Crippen molar-refractivity contribution in [1.82, 2.24) is 15.1 Å². The first-order valence-corrected chi connectivity index (χ1v) is 8.81. The standard InChI is InChI=1S/C16H23N3O3S/c1-13(20)18-8-4-9-19(11-10-18)15(21)6-2-7-17-16(22)14-5-3-12-23-14/h3,5,12H,2,4,6-11H2,1H3,(H,17,22). The molecule has 7 heteroatoms. The maximum absolute atomic E-state index is 12.2. The number of hydrogen-bond acceptors (Lipinski definition) is 4. The molecule has 0 spiro atoms. The third-order valence-corrected chi connectivity index (χ3v) is 4.76. The molecule has 0 aliphatic carbocycles. The van der Waals surface area contributed by atoms with E-state index in [4.69, 9.17) is 0 Å². The second-order valence-corrected chi connectivity index (χ2v) is 6.52. The largest absolute Gasteiger partial charge is 0.351 e. The van der Waals surface area contributed by atoms with Crippen LogP contribution in [0.5, 0.6) is 0 Å². The highest BCUT2D eigenvalue weighted by atomic mass is 32.1. The van der Waals surface area contributed by atoms with Crippen LogP contribution in [-0.4, -0.2) is 60.2 Å². The van der Waals surface area contributed by atoms with Crippen molar-refractivity contribution in [1.29, 1.82) is 0 Å². The Morgan fingerprint density at radius 2 is 1.91 bits per heavy atom. The summed E-state index contributed by atoms with van der Waals surface area (Å²) in [5.74, 6) is 0.0793. The van der Waals surface area contributed by atoms with Crippen LogP contribution in [0, 0.1) is 0 Å². The number of amides is 3. The Balaban J connectivity index is 1.66. The van der Waals surface area contributed by atoms with Crippen LogP contribution in [0.25, 0.3) is 0 Å². The lowest BCUT2D eigenvalue weighted by Gasteiger charge is -2.21. The van der Waals surface area contributed by atoms with E-state index in [1.54, 1.807) is 17.9 Å². The molecule has 1 aliphatic rings. The third-order valence-electron chi connectivity index (χ3n) is 3.89. The van der Waals surface area contributed by atoms with E-state index in [1.165, 1.54) is 11.3 Å². The minimum Gasteiger partial charge on any atom is -0.351 e. The Kier molecular flexibility index (Phi) is 6.58. The number of carbonyl (C=O) groups is 3. The van der Waals surface area contributed by atoms with Crippen LogP contribution in [0.4, 0.5) is 0 Å². The lowest BCUT2D eigenvalue weighted by Crippen LogP contribution is -2.36. The van der Waals surface area contributed by atoms with Gasteiger partial charge in [-0.3, -0.25) is 14.4 Å². The monoisotopic (exact) mass is 337 g/mol. The van der Waals surface area contributed by atoms with E-state index in [0.717, 1.165) is 13.0 Å². The molecule has 0 unspecified atom stereocenters. The molecule has 1 aliphatic heterocycles. The quantitative estimate of drug-likeness (QED) is 0.824. The van der Waals surface area contributed by atoms with Gasteiger partial charge in [-0.25, -0.2) is 0 Å². The molecule has 1 fully saturated rings. The Morgan fingerprint density at radius 3 is 2.61 bits per heavy atom. The molecule has 2 heterocycles. The molecule has 126 valence electrons. The van der Waals surface area contributed by atoms with Gasteiger partial charge < -0.3 is 15.1 Å². The van der Waals surface area contributed by atoms with Crippen molar-refractivity contribution in [2.24, 2.45) is 0 Å². The summed E-state index contributed by atoms with van der Waals surface area (Å²) in [5, 5.41) is 4.69. The van der Waals surface area contributed by atoms with E-state index in [1.807, 2.05) is 16.3 Å². The molecule has 0 bridgehead atoms. The summed E-state index contributed by atoms with van der Waals surface area (Å²) in [6, 6.07) is 3.62. The van der Waals surface area contributed by atoms with Gasteiger partial charge in [0.05, 0.1) is 4.88 Å². The zero-order chi connectivity index (χ0) is 16.7. The van der Waals surface area contributed by atoms with Gasteiger partial charge in [-0.2, -0.15) is 0 Å². The van der Waals surface area contributed by atoms with Crippen molar-refractivity contribution in [3.63, 3.8) is 0 Å². The van der Waals surface area contributed by atoms with Crippen molar-refractivity contribution >= 4 is 29.1 Å². The normalized spacial score (nSPS) is 15.2. The number of nitrogens with one attached hydrogen (secondary N) is 1. The highest BCUT2D eigenvalue weighted by Gasteiger charge is 2.19. The van der Waals surface area contributed by atoms with E-state index >= 15 is 0 Å². The summed E-state index contributed by atoms with van der Waals surface area (Å²) in [6.45, 7) is 4.68. The lowest BCUT2D eigenvalue weighted by atomic mass is 10.2. The maximum Gasteiger partial charge on any atom is 0.261 e. The molecular formula is C16H23N3O3S. The molecule has 0 atom stereocenters. The zero-order valence-electron chi connectivity index (χ0n) is 13.4. The average Bonchev–Trinajstić information content (AvgIpc) is 2.95. The number of hydrogen-bond donors (Lipinski definition) is 1. The van der Waals surface area contributed by atoms with Crippen molar-refractivity contribution < 1.29 is 14.4 Å². The van der Waals surface area contributed by atoms with E-state index < -0.39 is 0 Å². The summed E-state index contributed by atoms with van der Waals surface area (Å²) < 4.78 is 0. The van der Waals surface area contributed by atoms with E-state index in [9.17, 15) is 14.4 Å². The van der Waals surface area contributed by atoms with Gasteiger partial charge in [0.15, 0.2) is 0 Å². The second-order valence-electron chi connectivity index (χ2n) is 5.58. The highest BCUT2D eigenvalue weighted by Crippen LogP contribution is 2.08. The van der Waals surface area contributed by atoms with Gasteiger partial charge in [0.2, 0.25) is 11.8 Å². The first kappa shape index (κ1) is 17.5. The molecule has 3 amide bonds. The van der Waals surface area contributed by atoms with Crippen molar-refractivity contribution in [3.05, 3.63) is 22.4 Å². The van der Waals surface area contributed by atoms with Crippen LogP contribution in [0.15, 0.2) is 17.5 Å². The van der Waals surface area contributed by atoms with Crippen LogP contribution < -0.4 is 5.32 Å². The first-order valence-electron chi connectivity index (χ1n) is 7.93. The SMILES string of the molecule is CC(=O)N1CCCN(C(=O)CCCNC(=O)c2cccs2)CC1. The topological polar surface area (TPSA) is 69.7 Å². The van der Waals surface area contributed by atoms with Crippen LogP contribution >= 0.6 is 11.3 Å². The van der Waals surface area contributed by atoms with Gasteiger partial charge in [0.1, 0.15) is 0 Å². The zero-order valence-corrected chi connectivity index (χ0v) is 14.2. The number of nitrogens with zero attached hydrogens (tertiary/aromatic N) is 2. The maximum atomic E-state index is 12.2. The summed E-state index contributed by atoms with van der Waals surface area (Å²) in [7, 11) is 0. The molecule has 0 aromatic carbocycles. The van der Waals surface area contributed by atoms with Gasteiger partial charge in [-0.05, 0) is 24.3 Å². The summed E-state index contributed by atoms with van der Waals surface area (Å²) in [4.78, 5) is 39.7.